The topological polar surface area (TPSA) is 76.2 Å². The van der Waals surface area contributed by atoms with E-state index in [-0.39, 0.29) is 23.9 Å². The van der Waals surface area contributed by atoms with Gasteiger partial charge in [-0.2, -0.15) is 4.31 Å². The van der Waals surface area contributed by atoms with Crippen molar-refractivity contribution < 1.29 is 22.7 Å². The number of halogens is 1. The fourth-order valence-electron chi connectivity index (χ4n) is 3.37. The summed E-state index contributed by atoms with van der Waals surface area (Å²) in [5.74, 6) is 0.816. The Morgan fingerprint density at radius 3 is 2.43 bits per heavy atom. The van der Waals surface area contributed by atoms with Gasteiger partial charge in [0.05, 0.1) is 4.90 Å². The van der Waals surface area contributed by atoms with E-state index in [2.05, 4.69) is 0 Å². The minimum atomic E-state index is -3.68. The van der Waals surface area contributed by atoms with Gasteiger partial charge in [-0.05, 0) is 35.9 Å². The second kappa shape index (κ2) is 8.67. The van der Waals surface area contributed by atoms with Gasteiger partial charge in [0, 0.05) is 43.3 Å². The van der Waals surface area contributed by atoms with Crippen LogP contribution in [0.15, 0.2) is 53.4 Å². The van der Waals surface area contributed by atoms with E-state index >= 15 is 0 Å². The Bertz CT molecular complexity index is 1080. The maximum absolute atomic E-state index is 13.0. The van der Waals surface area contributed by atoms with Crippen molar-refractivity contribution in [3.8, 4) is 11.5 Å². The van der Waals surface area contributed by atoms with Crippen molar-refractivity contribution in [1.82, 2.24) is 9.21 Å². The van der Waals surface area contributed by atoms with Gasteiger partial charge in [-0.1, -0.05) is 23.7 Å². The lowest BCUT2D eigenvalue weighted by molar-refractivity contribution is -0.127. The fourth-order valence-corrected chi connectivity index (χ4v) is 5.00. The average molecular weight is 449 g/mol. The smallest absolute Gasteiger partial charge is 0.246 e. The summed E-state index contributed by atoms with van der Waals surface area (Å²) < 4.78 is 38.3. The number of nitrogens with zero attached hydrogens (tertiary/aromatic N) is 2. The number of carbonyl (C=O) groups is 1. The molecule has 0 aromatic heterocycles. The van der Waals surface area contributed by atoms with Crippen LogP contribution >= 0.6 is 11.6 Å². The van der Waals surface area contributed by atoms with E-state index in [1.54, 1.807) is 29.2 Å². The minimum absolute atomic E-state index is 0.160. The van der Waals surface area contributed by atoms with Crippen molar-refractivity contribution >= 4 is 33.6 Å². The summed E-state index contributed by atoms with van der Waals surface area (Å²) in [4.78, 5) is 14.2. The number of piperazine rings is 1. The van der Waals surface area contributed by atoms with Gasteiger partial charge in [-0.15, -0.1) is 0 Å². The van der Waals surface area contributed by atoms with Crippen LogP contribution in [0.5, 0.6) is 11.5 Å². The molecule has 158 valence electrons. The van der Waals surface area contributed by atoms with Crippen LogP contribution in [-0.4, -0.2) is 62.9 Å². The van der Waals surface area contributed by atoms with Crippen molar-refractivity contribution in [2.45, 2.75) is 4.90 Å². The molecular formula is C21H21ClN2O5S. The molecule has 2 aromatic rings. The Balaban J connectivity index is 1.39. The summed E-state index contributed by atoms with van der Waals surface area (Å²) in [7, 11) is -3.68. The van der Waals surface area contributed by atoms with Crippen LogP contribution in [0.4, 0.5) is 0 Å². The van der Waals surface area contributed by atoms with Crippen molar-refractivity contribution in [2.75, 3.05) is 39.4 Å². The molecule has 2 aromatic carbocycles. The van der Waals surface area contributed by atoms with Gasteiger partial charge < -0.3 is 14.4 Å². The number of hydrogen-bond acceptors (Lipinski definition) is 5. The van der Waals surface area contributed by atoms with Crippen LogP contribution in [-0.2, 0) is 14.8 Å². The van der Waals surface area contributed by atoms with E-state index in [0.29, 0.717) is 42.8 Å². The van der Waals surface area contributed by atoms with Gasteiger partial charge in [0.25, 0.3) is 0 Å². The van der Waals surface area contributed by atoms with E-state index in [4.69, 9.17) is 21.1 Å². The molecule has 0 N–H and O–H groups in total. The first-order chi connectivity index (χ1) is 14.4. The van der Waals surface area contributed by atoms with Crippen molar-refractivity contribution in [2.24, 2.45) is 0 Å². The molecule has 1 saturated heterocycles. The van der Waals surface area contributed by atoms with Crippen LogP contribution in [0.25, 0.3) is 6.08 Å². The highest BCUT2D eigenvalue weighted by atomic mass is 35.5. The molecule has 2 aliphatic heterocycles. The zero-order valence-corrected chi connectivity index (χ0v) is 17.7. The number of sulfonamides is 1. The van der Waals surface area contributed by atoms with Crippen molar-refractivity contribution in [1.29, 1.82) is 0 Å². The highest BCUT2D eigenvalue weighted by Crippen LogP contribution is 2.33. The second-order valence-corrected chi connectivity index (χ2v) is 9.30. The average Bonchev–Trinajstić information content (AvgIpc) is 2.77. The normalized spacial score (nSPS) is 17.3. The number of fused-ring (bicyclic) bond motifs is 1. The highest BCUT2D eigenvalue weighted by molar-refractivity contribution is 7.89. The zero-order chi connectivity index (χ0) is 21.1. The maximum Gasteiger partial charge on any atom is 0.246 e. The summed E-state index contributed by atoms with van der Waals surface area (Å²) >= 11 is 5.95. The molecule has 2 aliphatic rings. The number of benzene rings is 2. The van der Waals surface area contributed by atoms with Crippen LogP contribution in [0.2, 0.25) is 5.02 Å². The third-order valence-corrected chi connectivity index (χ3v) is 7.10. The Hall–Kier alpha value is -2.55. The predicted molar refractivity (Wildman–Crippen MR) is 113 cm³/mol. The van der Waals surface area contributed by atoms with E-state index < -0.39 is 10.0 Å². The predicted octanol–water partition coefficient (Wildman–Crippen LogP) is 2.66. The lowest BCUT2D eigenvalue weighted by Gasteiger charge is -2.33. The molecule has 0 aliphatic carbocycles. The quantitative estimate of drug-likeness (QED) is 0.672. The van der Waals surface area contributed by atoms with Crippen LogP contribution < -0.4 is 9.47 Å². The third-order valence-electron chi connectivity index (χ3n) is 4.97. The molecule has 9 heteroatoms. The van der Waals surface area contributed by atoms with Gasteiger partial charge >= 0.3 is 0 Å². The largest absolute Gasteiger partial charge is 0.486 e. The molecule has 30 heavy (non-hydrogen) atoms. The lowest BCUT2D eigenvalue weighted by atomic mass is 10.2. The first kappa shape index (κ1) is 20.7. The molecule has 4 rings (SSSR count). The van der Waals surface area contributed by atoms with Gasteiger partial charge in [0.2, 0.25) is 15.9 Å². The molecule has 1 fully saturated rings. The minimum Gasteiger partial charge on any atom is -0.486 e. The van der Waals surface area contributed by atoms with Crippen LogP contribution in [0.3, 0.4) is 0 Å². The second-order valence-electron chi connectivity index (χ2n) is 6.92. The van der Waals surface area contributed by atoms with Crippen LogP contribution in [0, 0.1) is 0 Å². The number of carbonyl (C=O) groups excluding carboxylic acids is 1. The first-order valence-corrected chi connectivity index (χ1v) is 11.4. The number of rotatable bonds is 4. The molecule has 2 heterocycles. The highest BCUT2D eigenvalue weighted by Gasteiger charge is 2.30. The molecule has 1 amide bonds. The van der Waals surface area contributed by atoms with Gasteiger partial charge in [0.1, 0.15) is 13.2 Å². The third kappa shape index (κ3) is 4.45. The molecule has 0 bridgehead atoms. The maximum atomic E-state index is 13.0. The molecular weight excluding hydrogens is 428 g/mol. The summed E-state index contributed by atoms with van der Waals surface area (Å²) in [5.41, 5.74) is 0.829. The van der Waals surface area contributed by atoms with Crippen LogP contribution in [0.1, 0.15) is 5.56 Å². The van der Waals surface area contributed by atoms with Gasteiger partial charge in [0.15, 0.2) is 11.5 Å². The number of amides is 1. The Labute approximate surface area is 180 Å². The summed E-state index contributed by atoms with van der Waals surface area (Å²) in [5, 5.41) is 0.600. The molecule has 7 nitrogen and oxygen atoms in total. The molecule has 0 radical (unpaired) electrons. The lowest BCUT2D eigenvalue weighted by Crippen LogP contribution is -2.50. The van der Waals surface area contributed by atoms with Gasteiger partial charge in [-0.25, -0.2) is 8.42 Å². The molecule has 0 atom stereocenters. The van der Waals surface area contributed by atoms with Gasteiger partial charge in [-0.3, -0.25) is 4.79 Å². The SMILES string of the molecule is O=C(/C=C\c1cccc(Cl)c1)N1CCN(S(=O)(=O)c2ccc3c(c2)OCCO3)CC1. The van der Waals surface area contributed by atoms with E-state index in [9.17, 15) is 13.2 Å². The Morgan fingerprint density at radius 2 is 1.70 bits per heavy atom. The molecule has 0 saturated carbocycles. The van der Waals surface area contributed by atoms with E-state index in [0.717, 1.165) is 5.56 Å². The first-order valence-electron chi connectivity index (χ1n) is 9.56. The van der Waals surface area contributed by atoms with Crippen molar-refractivity contribution in [3.63, 3.8) is 0 Å². The number of ether oxygens (including phenoxy) is 2. The summed E-state index contributed by atoms with van der Waals surface area (Å²) in [6.07, 6.45) is 3.18. The molecule has 0 spiro atoms. The Morgan fingerprint density at radius 1 is 0.967 bits per heavy atom. The van der Waals surface area contributed by atoms with E-state index in [1.807, 2.05) is 12.1 Å². The number of hydrogen-bond donors (Lipinski definition) is 0. The van der Waals surface area contributed by atoms with E-state index in [1.165, 1.54) is 22.5 Å². The Kier molecular flexibility index (Phi) is 5.99. The fraction of sp³-hybridized carbons (Fsp3) is 0.286. The zero-order valence-electron chi connectivity index (χ0n) is 16.2. The monoisotopic (exact) mass is 448 g/mol. The molecule has 0 unspecified atom stereocenters. The van der Waals surface area contributed by atoms with Crippen molar-refractivity contribution in [3.05, 3.63) is 59.1 Å². The standard InChI is InChI=1S/C21H21ClN2O5S/c22-17-3-1-2-16(14-17)4-7-21(25)23-8-10-24(11-9-23)30(26,27)18-5-6-19-20(15-18)29-13-12-28-19/h1-7,14-15H,8-13H2/b7-4-. The summed E-state index contributed by atoms with van der Waals surface area (Å²) in [6.45, 7) is 1.94. The summed E-state index contributed by atoms with van der Waals surface area (Å²) in [6, 6.07) is 11.8.